The fraction of sp³-hybridized carbons (Fsp3) is 0.133. The molecule has 0 fully saturated rings. The summed E-state index contributed by atoms with van der Waals surface area (Å²) in [5.41, 5.74) is 1.39. The Labute approximate surface area is 114 Å². The molecule has 0 saturated carbocycles. The first-order valence-electron chi connectivity index (χ1n) is 5.68. The number of Topliss-reactive ketones (excluding diaryl/α,β-unsaturated/α-hetero) is 1. The van der Waals surface area contributed by atoms with Crippen molar-refractivity contribution in [1.29, 1.82) is 0 Å². The number of hydrogen-bond donors (Lipinski definition) is 1. The number of aliphatic hydroxyl groups is 1. The van der Waals surface area contributed by atoms with E-state index in [0.29, 0.717) is 5.56 Å². The normalized spacial score (nSPS) is 12.1. The Kier molecular flexibility index (Phi) is 4.28. The molecule has 0 saturated heterocycles. The third kappa shape index (κ3) is 3.28. The Morgan fingerprint density at radius 1 is 1.06 bits per heavy atom. The van der Waals surface area contributed by atoms with E-state index in [1.165, 1.54) is 0 Å². The van der Waals surface area contributed by atoms with Crippen LogP contribution in [0.4, 0.5) is 0 Å². The molecule has 0 unspecified atom stereocenters. The van der Waals surface area contributed by atoms with Crippen LogP contribution in [0, 0.1) is 0 Å². The van der Waals surface area contributed by atoms with E-state index in [1.54, 1.807) is 12.1 Å². The summed E-state index contributed by atoms with van der Waals surface area (Å²) in [6.45, 7) is 0. The molecule has 0 spiro atoms. The molecule has 0 aliphatic carbocycles. The summed E-state index contributed by atoms with van der Waals surface area (Å²) >= 11 is 3.32. The van der Waals surface area contributed by atoms with Gasteiger partial charge in [0.1, 0.15) is 0 Å². The predicted molar refractivity (Wildman–Crippen MR) is 74.5 cm³/mol. The minimum absolute atomic E-state index is 0.0566. The first-order chi connectivity index (χ1) is 8.66. The van der Waals surface area contributed by atoms with Crippen molar-refractivity contribution in [2.24, 2.45) is 0 Å². The van der Waals surface area contributed by atoms with Crippen LogP contribution in [0.5, 0.6) is 0 Å². The lowest BCUT2D eigenvalue weighted by molar-refractivity contribution is 0.0880. The van der Waals surface area contributed by atoms with Crippen LogP contribution in [0.2, 0.25) is 0 Å². The zero-order chi connectivity index (χ0) is 13.0. The van der Waals surface area contributed by atoms with Crippen LogP contribution in [-0.4, -0.2) is 10.9 Å². The average Bonchev–Trinajstić information content (AvgIpc) is 2.40. The van der Waals surface area contributed by atoms with Crippen LogP contribution in [0.3, 0.4) is 0 Å². The van der Waals surface area contributed by atoms with E-state index in [9.17, 15) is 9.90 Å². The van der Waals surface area contributed by atoms with Gasteiger partial charge in [0.05, 0.1) is 6.10 Å². The number of rotatable bonds is 4. The van der Waals surface area contributed by atoms with E-state index in [2.05, 4.69) is 15.9 Å². The fourth-order valence-electron chi connectivity index (χ4n) is 1.72. The van der Waals surface area contributed by atoms with Gasteiger partial charge in [-0.2, -0.15) is 0 Å². The summed E-state index contributed by atoms with van der Waals surface area (Å²) in [4.78, 5) is 12.0. The highest BCUT2D eigenvalue weighted by Crippen LogP contribution is 2.19. The zero-order valence-electron chi connectivity index (χ0n) is 9.71. The van der Waals surface area contributed by atoms with Crippen molar-refractivity contribution >= 4 is 21.7 Å². The molecule has 1 atom stereocenters. The highest BCUT2D eigenvalue weighted by molar-refractivity contribution is 9.10. The number of carbonyl (C=O) groups is 1. The summed E-state index contributed by atoms with van der Waals surface area (Å²) < 4.78 is 0.933. The van der Waals surface area contributed by atoms with Crippen LogP contribution in [0.1, 0.15) is 28.4 Å². The van der Waals surface area contributed by atoms with Crippen LogP contribution in [-0.2, 0) is 0 Å². The van der Waals surface area contributed by atoms with Gasteiger partial charge in [0.2, 0.25) is 0 Å². The van der Waals surface area contributed by atoms with Crippen molar-refractivity contribution < 1.29 is 9.90 Å². The van der Waals surface area contributed by atoms with Crippen molar-refractivity contribution in [3.63, 3.8) is 0 Å². The van der Waals surface area contributed by atoms with Gasteiger partial charge in [-0.05, 0) is 17.7 Å². The van der Waals surface area contributed by atoms with Crippen molar-refractivity contribution in [3.8, 4) is 0 Å². The quantitative estimate of drug-likeness (QED) is 0.873. The standard InChI is InChI=1S/C15H13BrO2/c16-13-8-6-12(7-9-13)15(18)10-14(17)11-4-2-1-3-5-11/h1-9,14,17H,10H2/t14-/m1/s1. The van der Waals surface area contributed by atoms with Crippen molar-refractivity contribution in [2.75, 3.05) is 0 Å². The largest absolute Gasteiger partial charge is 0.388 e. The molecule has 2 rings (SSSR count). The molecule has 0 radical (unpaired) electrons. The molecule has 2 aromatic carbocycles. The van der Waals surface area contributed by atoms with Gasteiger partial charge < -0.3 is 5.11 Å². The van der Waals surface area contributed by atoms with E-state index in [0.717, 1.165) is 10.0 Å². The zero-order valence-corrected chi connectivity index (χ0v) is 11.3. The van der Waals surface area contributed by atoms with E-state index in [1.807, 2.05) is 42.5 Å². The lowest BCUT2D eigenvalue weighted by Crippen LogP contribution is -2.06. The lowest BCUT2D eigenvalue weighted by Gasteiger charge is -2.10. The molecule has 0 bridgehead atoms. The molecule has 0 amide bonds. The topological polar surface area (TPSA) is 37.3 Å². The summed E-state index contributed by atoms with van der Waals surface area (Å²) in [6.07, 6.45) is -0.645. The van der Waals surface area contributed by atoms with E-state index in [-0.39, 0.29) is 12.2 Å². The molecule has 18 heavy (non-hydrogen) atoms. The maximum atomic E-state index is 12.0. The summed E-state index contributed by atoms with van der Waals surface area (Å²) in [6, 6.07) is 16.4. The van der Waals surface area contributed by atoms with E-state index in [4.69, 9.17) is 0 Å². The maximum absolute atomic E-state index is 12.0. The van der Waals surface area contributed by atoms with Gasteiger partial charge in [-0.25, -0.2) is 0 Å². The Morgan fingerprint density at radius 3 is 2.28 bits per heavy atom. The van der Waals surface area contributed by atoms with Gasteiger partial charge in [0.15, 0.2) is 5.78 Å². The van der Waals surface area contributed by atoms with Crippen LogP contribution in [0.15, 0.2) is 59.1 Å². The second-order valence-corrected chi connectivity index (χ2v) is 4.98. The number of ketones is 1. The molecule has 0 aliphatic rings. The third-order valence-corrected chi connectivity index (χ3v) is 3.26. The highest BCUT2D eigenvalue weighted by Gasteiger charge is 2.14. The SMILES string of the molecule is O=C(C[C@@H](O)c1ccccc1)c1ccc(Br)cc1. The van der Waals surface area contributed by atoms with Gasteiger partial charge in [-0.15, -0.1) is 0 Å². The molecule has 1 N–H and O–H groups in total. The maximum Gasteiger partial charge on any atom is 0.165 e. The number of halogens is 1. The summed E-state index contributed by atoms with van der Waals surface area (Å²) in [5, 5.41) is 9.98. The lowest BCUT2D eigenvalue weighted by atomic mass is 10.0. The molecule has 0 heterocycles. The number of benzene rings is 2. The molecule has 2 nitrogen and oxygen atoms in total. The average molecular weight is 305 g/mol. The van der Waals surface area contributed by atoms with Crippen LogP contribution < -0.4 is 0 Å². The van der Waals surface area contributed by atoms with Gasteiger partial charge >= 0.3 is 0 Å². The van der Waals surface area contributed by atoms with E-state index < -0.39 is 6.10 Å². The predicted octanol–water partition coefficient (Wildman–Crippen LogP) is 3.76. The fourth-order valence-corrected chi connectivity index (χ4v) is 1.99. The second kappa shape index (κ2) is 5.94. The van der Waals surface area contributed by atoms with E-state index >= 15 is 0 Å². The molecule has 0 aromatic heterocycles. The Balaban J connectivity index is 2.06. The molecular weight excluding hydrogens is 292 g/mol. The summed E-state index contributed by atoms with van der Waals surface area (Å²) in [5.74, 6) is -0.0566. The Hall–Kier alpha value is -1.45. The van der Waals surface area contributed by atoms with Gasteiger partial charge in [0, 0.05) is 16.5 Å². The smallest absolute Gasteiger partial charge is 0.165 e. The first kappa shape index (κ1) is 13.0. The van der Waals surface area contributed by atoms with Crippen molar-refractivity contribution in [2.45, 2.75) is 12.5 Å². The molecular formula is C15H13BrO2. The van der Waals surface area contributed by atoms with Crippen molar-refractivity contribution in [3.05, 3.63) is 70.2 Å². The summed E-state index contributed by atoms with van der Waals surface area (Å²) in [7, 11) is 0. The van der Waals surface area contributed by atoms with Crippen LogP contribution >= 0.6 is 15.9 Å². The highest BCUT2D eigenvalue weighted by atomic mass is 79.9. The van der Waals surface area contributed by atoms with Gasteiger partial charge in [-0.1, -0.05) is 58.4 Å². The molecule has 3 heteroatoms. The van der Waals surface area contributed by atoms with Crippen molar-refractivity contribution in [1.82, 2.24) is 0 Å². The van der Waals surface area contributed by atoms with Gasteiger partial charge in [-0.3, -0.25) is 4.79 Å². The third-order valence-electron chi connectivity index (χ3n) is 2.73. The minimum Gasteiger partial charge on any atom is -0.388 e. The Bertz CT molecular complexity index is 520. The number of aliphatic hydroxyl groups excluding tert-OH is 1. The number of hydrogen-bond acceptors (Lipinski definition) is 2. The minimum atomic E-state index is -0.748. The molecule has 92 valence electrons. The first-order valence-corrected chi connectivity index (χ1v) is 6.48. The molecule has 0 aliphatic heterocycles. The van der Waals surface area contributed by atoms with Gasteiger partial charge in [0.25, 0.3) is 0 Å². The number of carbonyl (C=O) groups excluding carboxylic acids is 1. The Morgan fingerprint density at radius 2 is 1.67 bits per heavy atom. The van der Waals surface area contributed by atoms with Crippen LogP contribution in [0.25, 0.3) is 0 Å². The molecule has 2 aromatic rings. The second-order valence-electron chi connectivity index (χ2n) is 4.06. The monoisotopic (exact) mass is 304 g/mol.